The summed E-state index contributed by atoms with van der Waals surface area (Å²) >= 11 is 0. The zero-order valence-electron chi connectivity index (χ0n) is 15.4. The largest absolute Gasteiger partial charge is 0.459 e. The topological polar surface area (TPSA) is 53.7 Å². The number of pyridine rings is 1. The fourth-order valence-corrected chi connectivity index (χ4v) is 2.77. The van der Waals surface area contributed by atoms with E-state index >= 15 is 0 Å². The van der Waals surface area contributed by atoms with Gasteiger partial charge in [-0.15, -0.1) is 24.0 Å². The SMILES string of the molecule is CN=C(NCCc1ccc(C)nc1)N(C)Cc1cc2ccccc2o1.I. The highest BCUT2D eigenvalue weighted by Gasteiger charge is 2.10. The predicted molar refractivity (Wildman–Crippen MR) is 117 cm³/mol. The van der Waals surface area contributed by atoms with E-state index in [4.69, 9.17) is 4.42 Å². The number of halogens is 1. The first kappa shape index (κ1) is 20.2. The summed E-state index contributed by atoms with van der Waals surface area (Å²) in [4.78, 5) is 10.7. The molecule has 0 saturated carbocycles. The van der Waals surface area contributed by atoms with Gasteiger partial charge in [-0.05, 0) is 37.1 Å². The minimum Gasteiger partial charge on any atom is -0.459 e. The van der Waals surface area contributed by atoms with Crippen molar-refractivity contribution in [2.75, 3.05) is 20.6 Å². The number of benzene rings is 1. The average Bonchev–Trinajstić information content (AvgIpc) is 3.02. The number of hydrogen-bond acceptors (Lipinski definition) is 3. The minimum absolute atomic E-state index is 0. The van der Waals surface area contributed by atoms with Gasteiger partial charge in [0.25, 0.3) is 0 Å². The monoisotopic (exact) mass is 464 g/mol. The van der Waals surface area contributed by atoms with Gasteiger partial charge in [0.2, 0.25) is 0 Å². The summed E-state index contributed by atoms with van der Waals surface area (Å²) in [5.74, 6) is 1.77. The lowest BCUT2D eigenvalue weighted by Crippen LogP contribution is -2.39. The van der Waals surface area contributed by atoms with Crippen molar-refractivity contribution in [3.63, 3.8) is 0 Å². The molecule has 3 rings (SSSR count). The molecule has 0 atom stereocenters. The zero-order chi connectivity index (χ0) is 17.6. The molecule has 0 aliphatic rings. The summed E-state index contributed by atoms with van der Waals surface area (Å²) in [7, 11) is 3.81. The predicted octanol–water partition coefficient (Wildman–Crippen LogP) is 4.00. The maximum atomic E-state index is 5.89. The first-order valence-electron chi connectivity index (χ1n) is 8.46. The fraction of sp³-hybridized carbons (Fsp3) is 0.300. The summed E-state index contributed by atoms with van der Waals surface area (Å²) in [6.45, 7) is 3.47. The van der Waals surface area contributed by atoms with Gasteiger partial charge < -0.3 is 14.6 Å². The third-order valence-electron chi connectivity index (χ3n) is 4.11. The van der Waals surface area contributed by atoms with Crippen molar-refractivity contribution in [3.8, 4) is 0 Å². The quantitative estimate of drug-likeness (QED) is 0.352. The normalized spacial score (nSPS) is 11.3. The molecular weight excluding hydrogens is 439 g/mol. The van der Waals surface area contributed by atoms with Crippen LogP contribution in [0.5, 0.6) is 0 Å². The number of para-hydroxylation sites is 1. The van der Waals surface area contributed by atoms with Gasteiger partial charge in [0.1, 0.15) is 11.3 Å². The van der Waals surface area contributed by atoms with Crippen molar-refractivity contribution in [1.29, 1.82) is 0 Å². The molecule has 0 saturated heterocycles. The van der Waals surface area contributed by atoms with E-state index in [-0.39, 0.29) is 24.0 Å². The van der Waals surface area contributed by atoms with E-state index in [9.17, 15) is 0 Å². The Morgan fingerprint density at radius 1 is 1.23 bits per heavy atom. The van der Waals surface area contributed by atoms with Crippen LogP contribution in [-0.2, 0) is 13.0 Å². The van der Waals surface area contributed by atoms with E-state index in [2.05, 4.69) is 38.4 Å². The molecule has 0 amide bonds. The lowest BCUT2D eigenvalue weighted by molar-refractivity contribution is 0.413. The van der Waals surface area contributed by atoms with Crippen LogP contribution in [0, 0.1) is 6.92 Å². The molecule has 5 nitrogen and oxygen atoms in total. The number of nitrogens with zero attached hydrogens (tertiary/aromatic N) is 3. The van der Waals surface area contributed by atoms with Crippen LogP contribution in [0.2, 0.25) is 0 Å². The van der Waals surface area contributed by atoms with Gasteiger partial charge >= 0.3 is 0 Å². The molecule has 0 fully saturated rings. The number of rotatable bonds is 5. The van der Waals surface area contributed by atoms with Crippen molar-refractivity contribution >= 4 is 40.9 Å². The molecule has 0 unspecified atom stereocenters. The van der Waals surface area contributed by atoms with E-state index in [0.29, 0.717) is 6.54 Å². The van der Waals surface area contributed by atoms with Crippen LogP contribution in [0.1, 0.15) is 17.0 Å². The molecule has 0 aliphatic heterocycles. The smallest absolute Gasteiger partial charge is 0.193 e. The van der Waals surface area contributed by atoms with Gasteiger partial charge in [0.15, 0.2) is 5.96 Å². The van der Waals surface area contributed by atoms with Crippen molar-refractivity contribution < 1.29 is 4.42 Å². The van der Waals surface area contributed by atoms with E-state index in [1.165, 1.54) is 5.56 Å². The molecule has 6 heteroatoms. The highest BCUT2D eigenvalue weighted by Crippen LogP contribution is 2.19. The second-order valence-electron chi connectivity index (χ2n) is 6.14. The highest BCUT2D eigenvalue weighted by molar-refractivity contribution is 14.0. The molecule has 1 aromatic carbocycles. The maximum Gasteiger partial charge on any atom is 0.193 e. The van der Waals surface area contributed by atoms with Crippen molar-refractivity contribution in [2.24, 2.45) is 4.99 Å². The Labute approximate surface area is 171 Å². The zero-order valence-corrected chi connectivity index (χ0v) is 17.7. The highest BCUT2D eigenvalue weighted by atomic mass is 127. The second-order valence-corrected chi connectivity index (χ2v) is 6.14. The van der Waals surface area contributed by atoms with Gasteiger partial charge in [-0.25, -0.2) is 0 Å². The van der Waals surface area contributed by atoms with Crippen LogP contribution < -0.4 is 5.32 Å². The van der Waals surface area contributed by atoms with E-state index in [1.54, 1.807) is 7.05 Å². The number of fused-ring (bicyclic) bond motifs is 1. The van der Waals surface area contributed by atoms with Crippen LogP contribution in [0.25, 0.3) is 11.0 Å². The number of nitrogens with one attached hydrogen (secondary N) is 1. The molecule has 0 radical (unpaired) electrons. The summed E-state index contributed by atoms with van der Waals surface area (Å²) in [6.07, 6.45) is 2.84. The number of hydrogen-bond donors (Lipinski definition) is 1. The number of aromatic nitrogens is 1. The van der Waals surface area contributed by atoms with Crippen LogP contribution in [-0.4, -0.2) is 36.5 Å². The molecule has 2 heterocycles. The first-order valence-corrected chi connectivity index (χ1v) is 8.46. The molecule has 138 valence electrons. The van der Waals surface area contributed by atoms with Crippen LogP contribution in [0.3, 0.4) is 0 Å². The van der Waals surface area contributed by atoms with Crippen molar-refractivity contribution in [2.45, 2.75) is 19.9 Å². The Hall–Kier alpha value is -2.09. The standard InChI is InChI=1S/C20H24N4O.HI/c1-15-8-9-16(13-23-15)10-11-22-20(21-2)24(3)14-18-12-17-6-4-5-7-19(17)25-18;/h4-9,12-13H,10-11,14H2,1-3H3,(H,21,22);1H. The molecule has 0 spiro atoms. The number of guanidine groups is 1. The Kier molecular flexibility index (Phi) is 7.44. The average molecular weight is 464 g/mol. The van der Waals surface area contributed by atoms with Gasteiger partial charge in [0, 0.05) is 37.9 Å². The summed E-state index contributed by atoms with van der Waals surface area (Å²) in [5, 5.41) is 4.52. The molecule has 26 heavy (non-hydrogen) atoms. The number of furan rings is 1. The summed E-state index contributed by atoms with van der Waals surface area (Å²) < 4.78 is 5.89. The Morgan fingerprint density at radius 2 is 2.04 bits per heavy atom. The lowest BCUT2D eigenvalue weighted by atomic mass is 10.2. The minimum atomic E-state index is 0. The second kappa shape index (κ2) is 9.56. The molecular formula is C20H25IN4O. The lowest BCUT2D eigenvalue weighted by Gasteiger charge is -2.21. The van der Waals surface area contributed by atoms with Gasteiger partial charge in [-0.1, -0.05) is 24.3 Å². The summed E-state index contributed by atoms with van der Waals surface area (Å²) in [6, 6.07) is 14.3. The molecule has 2 aromatic heterocycles. The molecule has 0 bridgehead atoms. The fourth-order valence-electron chi connectivity index (χ4n) is 2.77. The molecule has 1 N–H and O–H groups in total. The summed E-state index contributed by atoms with van der Waals surface area (Å²) in [5.41, 5.74) is 3.17. The number of aliphatic imine (C=N–C) groups is 1. The third-order valence-corrected chi connectivity index (χ3v) is 4.11. The van der Waals surface area contributed by atoms with Crippen LogP contribution in [0.4, 0.5) is 0 Å². The number of aryl methyl sites for hydroxylation is 1. The molecule has 0 aliphatic carbocycles. The molecule has 3 aromatic rings. The van der Waals surface area contributed by atoms with Gasteiger partial charge in [-0.2, -0.15) is 0 Å². The maximum absolute atomic E-state index is 5.89. The van der Waals surface area contributed by atoms with Gasteiger partial charge in [-0.3, -0.25) is 9.98 Å². The Balaban J connectivity index is 0.00000243. The van der Waals surface area contributed by atoms with E-state index < -0.39 is 0 Å². The third kappa shape index (κ3) is 5.20. The van der Waals surface area contributed by atoms with Gasteiger partial charge in [0.05, 0.1) is 6.54 Å². The van der Waals surface area contributed by atoms with E-state index in [0.717, 1.165) is 41.3 Å². The first-order chi connectivity index (χ1) is 12.2. The Morgan fingerprint density at radius 3 is 2.73 bits per heavy atom. The van der Waals surface area contributed by atoms with Crippen molar-refractivity contribution in [3.05, 3.63) is 65.7 Å². The Bertz CT molecular complexity index is 825. The van der Waals surface area contributed by atoms with Crippen LogP contribution >= 0.6 is 24.0 Å². The van der Waals surface area contributed by atoms with Crippen molar-refractivity contribution in [1.82, 2.24) is 15.2 Å². The van der Waals surface area contributed by atoms with Crippen LogP contribution in [0.15, 0.2) is 58.1 Å². The van der Waals surface area contributed by atoms with E-state index in [1.807, 2.05) is 44.4 Å².